The summed E-state index contributed by atoms with van der Waals surface area (Å²) in [5, 5.41) is 11.8. The van der Waals surface area contributed by atoms with Crippen molar-refractivity contribution >= 4 is 28.3 Å². The molecule has 8 nitrogen and oxygen atoms in total. The average Bonchev–Trinajstić information content (AvgIpc) is 3.01. The number of allylic oxidation sites excluding steroid dienone is 1. The molecule has 172 valence electrons. The molecule has 0 bridgehead atoms. The van der Waals surface area contributed by atoms with Crippen molar-refractivity contribution in [2.75, 3.05) is 19.4 Å². The standard InChI is InChI=1S/C23H31N5O3S/c1-4-23(2,24)22(29)25-20(16-31-15-17-9-6-5-7-10-17)19-14-28-13-18(32(3)30)11-8-12-21(28)27-26-19/h5-11,13,20H,4,12,14-16,24H2,1-3H3,(H,25,29)/t20-,23?,32?/m1/s1. The highest BCUT2D eigenvalue weighted by Crippen LogP contribution is 2.17. The van der Waals surface area contributed by atoms with Crippen molar-refractivity contribution in [2.45, 2.75) is 44.9 Å². The van der Waals surface area contributed by atoms with Gasteiger partial charge < -0.3 is 20.7 Å². The van der Waals surface area contributed by atoms with Gasteiger partial charge in [-0.2, -0.15) is 5.10 Å². The molecule has 3 N–H and O–H groups in total. The maximum atomic E-state index is 12.8. The fourth-order valence-electron chi connectivity index (χ4n) is 3.16. The molecule has 9 heteroatoms. The van der Waals surface area contributed by atoms with Crippen LogP contribution in [0.25, 0.3) is 0 Å². The summed E-state index contributed by atoms with van der Waals surface area (Å²) in [7, 11) is -1.12. The lowest BCUT2D eigenvalue weighted by molar-refractivity contribution is -0.126. The molecular formula is C23H31N5O3S. The number of fused-ring (bicyclic) bond motifs is 1. The number of carbonyl (C=O) groups excluding carboxylic acids is 1. The molecule has 1 aromatic carbocycles. The Balaban J connectivity index is 1.78. The zero-order chi connectivity index (χ0) is 23.1. The molecule has 0 fully saturated rings. The molecule has 3 rings (SSSR count). The molecule has 0 radical (unpaired) electrons. The average molecular weight is 458 g/mol. The van der Waals surface area contributed by atoms with E-state index >= 15 is 0 Å². The van der Waals surface area contributed by atoms with Crippen molar-refractivity contribution in [2.24, 2.45) is 15.9 Å². The summed E-state index contributed by atoms with van der Waals surface area (Å²) >= 11 is 0. The Hall–Kier alpha value is -2.62. The molecule has 0 aromatic heterocycles. The third-order valence-corrected chi connectivity index (χ3v) is 6.42. The lowest BCUT2D eigenvalue weighted by Crippen LogP contribution is -2.57. The van der Waals surface area contributed by atoms with Gasteiger partial charge in [-0.15, -0.1) is 5.10 Å². The third-order valence-electron chi connectivity index (χ3n) is 5.51. The van der Waals surface area contributed by atoms with Gasteiger partial charge in [-0.05, 0) is 25.0 Å². The summed E-state index contributed by atoms with van der Waals surface area (Å²) in [5.74, 6) is 0.493. The number of carbonyl (C=O) groups is 1. The predicted molar refractivity (Wildman–Crippen MR) is 128 cm³/mol. The van der Waals surface area contributed by atoms with Crippen LogP contribution in [0.1, 0.15) is 32.3 Å². The lowest BCUT2D eigenvalue weighted by atomic mass is 9.98. The fourth-order valence-corrected chi connectivity index (χ4v) is 3.72. The van der Waals surface area contributed by atoms with Crippen LogP contribution in [-0.2, 0) is 26.9 Å². The fraction of sp³-hybridized carbons (Fsp3) is 0.435. The van der Waals surface area contributed by atoms with Gasteiger partial charge in [0.25, 0.3) is 0 Å². The molecule has 1 amide bonds. The number of hydrogen-bond acceptors (Lipinski definition) is 7. The zero-order valence-corrected chi connectivity index (χ0v) is 19.6. The highest BCUT2D eigenvalue weighted by Gasteiger charge is 2.32. The first kappa shape index (κ1) is 24.0. The van der Waals surface area contributed by atoms with E-state index in [4.69, 9.17) is 10.5 Å². The molecule has 32 heavy (non-hydrogen) atoms. The van der Waals surface area contributed by atoms with Gasteiger partial charge in [-0.1, -0.05) is 43.3 Å². The van der Waals surface area contributed by atoms with Crippen molar-refractivity contribution in [1.82, 2.24) is 10.2 Å². The van der Waals surface area contributed by atoms with E-state index in [1.165, 1.54) is 0 Å². The van der Waals surface area contributed by atoms with Crippen molar-refractivity contribution < 1.29 is 13.7 Å². The molecule has 0 aliphatic carbocycles. The number of ether oxygens (including phenoxy) is 1. The number of rotatable bonds is 9. The topological polar surface area (TPSA) is 109 Å². The van der Waals surface area contributed by atoms with Gasteiger partial charge in [-0.3, -0.25) is 9.00 Å². The smallest absolute Gasteiger partial charge is 0.240 e. The zero-order valence-electron chi connectivity index (χ0n) is 18.8. The van der Waals surface area contributed by atoms with E-state index < -0.39 is 22.4 Å². The second-order valence-electron chi connectivity index (χ2n) is 8.13. The van der Waals surface area contributed by atoms with E-state index in [-0.39, 0.29) is 12.5 Å². The summed E-state index contributed by atoms with van der Waals surface area (Å²) in [6.07, 6.45) is 8.33. The molecular weight excluding hydrogens is 426 g/mol. The second kappa shape index (κ2) is 10.8. The van der Waals surface area contributed by atoms with E-state index in [0.29, 0.717) is 36.6 Å². The molecule has 2 aliphatic heterocycles. The van der Waals surface area contributed by atoms with Crippen molar-refractivity contribution in [3.8, 4) is 0 Å². The predicted octanol–water partition coefficient (Wildman–Crippen LogP) is 2.07. The number of benzene rings is 1. The van der Waals surface area contributed by atoms with Gasteiger partial charge in [0.05, 0.1) is 52.8 Å². The molecule has 0 spiro atoms. The minimum absolute atomic E-state index is 0.229. The SMILES string of the molecule is CCC(C)(N)C(=O)N[C@H](COCc1ccccc1)C1=NN=C2CC=CC(S(C)=O)=CN2C1. The Bertz CT molecular complexity index is 969. The van der Waals surface area contributed by atoms with Gasteiger partial charge in [0.1, 0.15) is 5.84 Å². The monoisotopic (exact) mass is 457 g/mol. The van der Waals surface area contributed by atoms with Gasteiger partial charge in [0.2, 0.25) is 5.91 Å². The summed E-state index contributed by atoms with van der Waals surface area (Å²) in [6.45, 7) is 4.63. The number of amides is 1. The number of amidine groups is 1. The van der Waals surface area contributed by atoms with Crippen LogP contribution in [0, 0.1) is 0 Å². The molecule has 1 aromatic rings. The van der Waals surface area contributed by atoms with E-state index in [9.17, 15) is 9.00 Å². The minimum Gasteiger partial charge on any atom is -0.374 e. The summed E-state index contributed by atoms with van der Waals surface area (Å²) < 4.78 is 17.9. The van der Waals surface area contributed by atoms with E-state index in [2.05, 4.69) is 15.5 Å². The van der Waals surface area contributed by atoms with Gasteiger partial charge in [0.15, 0.2) is 0 Å². The van der Waals surface area contributed by atoms with Crippen LogP contribution in [0.4, 0.5) is 0 Å². The Kier molecular flexibility index (Phi) is 8.11. The Morgan fingerprint density at radius 3 is 2.78 bits per heavy atom. The second-order valence-corrected chi connectivity index (χ2v) is 9.50. The quantitative estimate of drug-likeness (QED) is 0.590. The molecule has 2 heterocycles. The highest BCUT2D eigenvalue weighted by molar-refractivity contribution is 7.88. The van der Waals surface area contributed by atoms with E-state index in [1.807, 2.05) is 60.5 Å². The van der Waals surface area contributed by atoms with Crippen molar-refractivity contribution in [3.05, 3.63) is 59.2 Å². The van der Waals surface area contributed by atoms with E-state index in [0.717, 1.165) is 11.4 Å². The maximum Gasteiger partial charge on any atom is 0.240 e. The first-order valence-electron chi connectivity index (χ1n) is 10.6. The summed E-state index contributed by atoms with van der Waals surface area (Å²) in [5.41, 5.74) is 6.85. The number of nitrogens with zero attached hydrogens (tertiary/aromatic N) is 3. The molecule has 0 saturated heterocycles. The van der Waals surface area contributed by atoms with Crippen LogP contribution in [0.5, 0.6) is 0 Å². The largest absolute Gasteiger partial charge is 0.374 e. The highest BCUT2D eigenvalue weighted by atomic mass is 32.2. The minimum atomic E-state index is -1.12. The normalized spacial score (nSPS) is 19.5. The lowest BCUT2D eigenvalue weighted by Gasteiger charge is -2.31. The number of hydrogen-bond donors (Lipinski definition) is 2. The van der Waals surface area contributed by atoms with E-state index in [1.54, 1.807) is 13.2 Å². The Morgan fingerprint density at radius 1 is 1.34 bits per heavy atom. The summed E-state index contributed by atoms with van der Waals surface area (Å²) in [4.78, 5) is 15.4. The third kappa shape index (κ3) is 6.21. The molecule has 3 atom stereocenters. The summed E-state index contributed by atoms with van der Waals surface area (Å²) in [6, 6.07) is 9.33. The van der Waals surface area contributed by atoms with Crippen LogP contribution < -0.4 is 11.1 Å². The van der Waals surface area contributed by atoms with Gasteiger partial charge in [-0.25, -0.2) is 0 Å². The number of nitrogens with two attached hydrogens (primary N) is 1. The first-order chi connectivity index (χ1) is 15.3. The van der Waals surface area contributed by atoms with Crippen LogP contribution in [0.3, 0.4) is 0 Å². The van der Waals surface area contributed by atoms with Crippen LogP contribution in [0.15, 0.2) is 63.8 Å². The van der Waals surface area contributed by atoms with Crippen LogP contribution >= 0.6 is 0 Å². The first-order valence-corrected chi connectivity index (χ1v) is 12.2. The maximum absolute atomic E-state index is 12.8. The van der Waals surface area contributed by atoms with Crippen molar-refractivity contribution in [3.63, 3.8) is 0 Å². The van der Waals surface area contributed by atoms with Crippen molar-refractivity contribution in [1.29, 1.82) is 0 Å². The molecule has 2 aliphatic rings. The Morgan fingerprint density at radius 2 is 2.09 bits per heavy atom. The Labute approximate surface area is 191 Å². The molecule has 0 saturated carbocycles. The number of nitrogens with one attached hydrogen (secondary N) is 1. The van der Waals surface area contributed by atoms with Gasteiger partial charge in [0, 0.05) is 18.9 Å². The van der Waals surface area contributed by atoms with Gasteiger partial charge >= 0.3 is 0 Å². The van der Waals surface area contributed by atoms with Crippen LogP contribution in [0.2, 0.25) is 0 Å². The van der Waals surface area contributed by atoms with Crippen LogP contribution in [-0.4, -0.2) is 57.6 Å². The molecule has 2 unspecified atom stereocenters.